The van der Waals surface area contributed by atoms with E-state index in [1.54, 1.807) is 25.4 Å². The van der Waals surface area contributed by atoms with E-state index < -0.39 is 0 Å². The number of hydrogen-bond donors (Lipinski definition) is 2. The molecule has 0 aliphatic carbocycles. The molecule has 1 amide bonds. The zero-order chi connectivity index (χ0) is 20.9. The normalized spacial score (nSPS) is 11.7. The number of nitrogens with zero attached hydrogens (tertiary/aromatic N) is 1. The summed E-state index contributed by atoms with van der Waals surface area (Å²) in [5.74, 6) is 1.51. The molecule has 0 saturated carbocycles. The Hall–Kier alpha value is -3.58. The number of amides is 1. The van der Waals surface area contributed by atoms with Crippen LogP contribution in [-0.2, 0) is 0 Å². The Bertz CT molecular complexity index is 1110. The molecule has 0 bridgehead atoms. The molecule has 4 aromatic rings. The molecule has 0 fully saturated rings. The Morgan fingerprint density at radius 3 is 2.63 bits per heavy atom. The number of rotatable bonds is 7. The van der Waals surface area contributed by atoms with Gasteiger partial charge < -0.3 is 19.8 Å². The fraction of sp³-hybridized carbons (Fsp3) is 0.130. The summed E-state index contributed by atoms with van der Waals surface area (Å²) in [5, 5.41) is 7.25. The monoisotopic (exact) mass is 419 g/mol. The van der Waals surface area contributed by atoms with Crippen molar-refractivity contribution in [2.24, 2.45) is 0 Å². The van der Waals surface area contributed by atoms with Gasteiger partial charge in [-0.25, -0.2) is 4.98 Å². The van der Waals surface area contributed by atoms with Gasteiger partial charge in [0.25, 0.3) is 5.91 Å². The van der Waals surface area contributed by atoms with Crippen LogP contribution in [0.3, 0.4) is 0 Å². The summed E-state index contributed by atoms with van der Waals surface area (Å²) < 4.78 is 10.5. The smallest absolute Gasteiger partial charge is 0.291 e. The second kappa shape index (κ2) is 8.84. The summed E-state index contributed by atoms with van der Waals surface area (Å²) in [5.41, 5.74) is 1.97. The highest BCUT2D eigenvalue weighted by molar-refractivity contribution is 7.16. The molecule has 0 radical (unpaired) electrons. The summed E-state index contributed by atoms with van der Waals surface area (Å²) >= 11 is 1.52. The van der Waals surface area contributed by atoms with Crippen LogP contribution in [0, 0.1) is 6.92 Å². The number of hydrogen-bond acceptors (Lipinski definition) is 6. The molecule has 1 aromatic carbocycles. The van der Waals surface area contributed by atoms with Crippen LogP contribution in [0.15, 0.2) is 77.5 Å². The van der Waals surface area contributed by atoms with Crippen LogP contribution in [0.4, 0.5) is 10.8 Å². The lowest BCUT2D eigenvalue weighted by atomic mass is 9.99. The number of pyridine rings is 1. The van der Waals surface area contributed by atoms with Crippen LogP contribution in [0.1, 0.15) is 32.6 Å². The van der Waals surface area contributed by atoms with E-state index in [0.717, 1.165) is 32.6 Å². The minimum absolute atomic E-state index is 0.220. The first kappa shape index (κ1) is 19.7. The van der Waals surface area contributed by atoms with Crippen molar-refractivity contribution in [2.75, 3.05) is 17.7 Å². The number of nitrogens with one attached hydrogen (secondary N) is 2. The van der Waals surface area contributed by atoms with Gasteiger partial charge in [0, 0.05) is 16.6 Å². The molecule has 30 heavy (non-hydrogen) atoms. The molecule has 7 heteroatoms. The molecule has 6 nitrogen and oxygen atoms in total. The SMILES string of the molecule is COc1ccc(C(Nc2ccccn2)c2cc(C)sc2NC(=O)c2ccco2)cc1. The molecule has 152 valence electrons. The summed E-state index contributed by atoms with van der Waals surface area (Å²) in [7, 11) is 1.64. The number of anilines is 2. The van der Waals surface area contributed by atoms with Gasteiger partial charge >= 0.3 is 0 Å². The van der Waals surface area contributed by atoms with Gasteiger partial charge in [-0.15, -0.1) is 11.3 Å². The molecule has 1 atom stereocenters. The van der Waals surface area contributed by atoms with E-state index in [2.05, 4.69) is 21.7 Å². The number of furan rings is 1. The second-order valence-corrected chi connectivity index (χ2v) is 7.89. The van der Waals surface area contributed by atoms with E-state index in [-0.39, 0.29) is 17.7 Å². The van der Waals surface area contributed by atoms with Gasteiger partial charge in [0.15, 0.2) is 5.76 Å². The lowest BCUT2D eigenvalue weighted by Gasteiger charge is -2.21. The number of aryl methyl sites for hydroxylation is 1. The van der Waals surface area contributed by atoms with E-state index in [0.29, 0.717) is 0 Å². The highest BCUT2D eigenvalue weighted by Crippen LogP contribution is 2.38. The largest absolute Gasteiger partial charge is 0.497 e. The lowest BCUT2D eigenvalue weighted by Crippen LogP contribution is -2.16. The van der Waals surface area contributed by atoms with Crippen molar-refractivity contribution in [1.29, 1.82) is 0 Å². The maximum absolute atomic E-state index is 12.6. The minimum atomic E-state index is -0.283. The Kier molecular flexibility index (Phi) is 5.81. The van der Waals surface area contributed by atoms with Crippen molar-refractivity contribution < 1.29 is 13.9 Å². The molecule has 0 spiro atoms. The van der Waals surface area contributed by atoms with E-state index in [4.69, 9.17) is 9.15 Å². The van der Waals surface area contributed by atoms with E-state index >= 15 is 0 Å². The first-order valence-electron chi connectivity index (χ1n) is 9.41. The molecular weight excluding hydrogens is 398 g/mol. The molecule has 3 heterocycles. The third kappa shape index (κ3) is 4.36. The Morgan fingerprint density at radius 1 is 1.13 bits per heavy atom. The molecular formula is C23H21N3O3S. The van der Waals surface area contributed by atoms with Gasteiger partial charge in [-0.1, -0.05) is 18.2 Å². The van der Waals surface area contributed by atoms with Gasteiger partial charge in [-0.2, -0.15) is 0 Å². The predicted molar refractivity (Wildman–Crippen MR) is 118 cm³/mol. The van der Waals surface area contributed by atoms with Gasteiger partial charge in [0.1, 0.15) is 16.6 Å². The molecule has 4 rings (SSSR count). The third-order valence-electron chi connectivity index (χ3n) is 4.57. The molecule has 2 N–H and O–H groups in total. The Morgan fingerprint density at radius 2 is 1.97 bits per heavy atom. The highest BCUT2D eigenvalue weighted by Gasteiger charge is 2.22. The van der Waals surface area contributed by atoms with Crippen molar-refractivity contribution in [1.82, 2.24) is 4.98 Å². The van der Waals surface area contributed by atoms with Crippen molar-refractivity contribution in [2.45, 2.75) is 13.0 Å². The molecule has 0 saturated heterocycles. The average molecular weight is 420 g/mol. The Balaban J connectivity index is 1.71. The van der Waals surface area contributed by atoms with Crippen molar-refractivity contribution in [3.63, 3.8) is 0 Å². The maximum atomic E-state index is 12.6. The minimum Gasteiger partial charge on any atom is -0.497 e. The second-order valence-electron chi connectivity index (χ2n) is 6.64. The van der Waals surface area contributed by atoms with Crippen molar-refractivity contribution in [3.05, 3.63) is 94.9 Å². The van der Waals surface area contributed by atoms with Gasteiger partial charge in [-0.3, -0.25) is 4.79 Å². The zero-order valence-corrected chi connectivity index (χ0v) is 17.4. The van der Waals surface area contributed by atoms with Gasteiger partial charge in [0.05, 0.1) is 19.4 Å². The van der Waals surface area contributed by atoms with Crippen molar-refractivity contribution >= 4 is 28.1 Å². The first-order chi connectivity index (χ1) is 14.6. The number of thiophene rings is 1. The standard InChI is InChI=1S/C23H21N3O3S/c1-15-14-18(23(30-15)26-22(27)19-6-5-13-29-19)21(25-20-7-3-4-12-24-20)16-8-10-17(28-2)11-9-16/h3-14,21H,1-2H3,(H,24,25)(H,26,27). The lowest BCUT2D eigenvalue weighted by molar-refractivity contribution is 0.0997. The molecule has 0 aliphatic heterocycles. The fourth-order valence-electron chi connectivity index (χ4n) is 3.15. The highest BCUT2D eigenvalue weighted by atomic mass is 32.1. The third-order valence-corrected chi connectivity index (χ3v) is 5.56. The predicted octanol–water partition coefficient (Wildman–Crippen LogP) is 5.51. The average Bonchev–Trinajstić information content (AvgIpc) is 3.43. The quantitative estimate of drug-likeness (QED) is 0.413. The van der Waals surface area contributed by atoms with Gasteiger partial charge in [0.2, 0.25) is 0 Å². The fourth-order valence-corrected chi connectivity index (χ4v) is 4.10. The Labute approximate surface area is 178 Å². The number of ether oxygens (including phenoxy) is 1. The summed E-state index contributed by atoms with van der Waals surface area (Å²) in [6.45, 7) is 2.02. The maximum Gasteiger partial charge on any atom is 0.291 e. The number of carbonyl (C=O) groups excluding carboxylic acids is 1. The summed E-state index contributed by atoms with van der Waals surface area (Å²) in [6.07, 6.45) is 3.23. The van der Waals surface area contributed by atoms with Crippen LogP contribution in [0.5, 0.6) is 5.75 Å². The molecule has 3 aromatic heterocycles. The first-order valence-corrected chi connectivity index (χ1v) is 10.2. The number of aromatic nitrogens is 1. The van der Waals surface area contributed by atoms with Crippen LogP contribution in [0.25, 0.3) is 0 Å². The van der Waals surface area contributed by atoms with Crippen molar-refractivity contribution in [3.8, 4) is 5.75 Å². The van der Waals surface area contributed by atoms with E-state index in [9.17, 15) is 4.79 Å². The zero-order valence-electron chi connectivity index (χ0n) is 16.6. The number of benzene rings is 1. The number of methoxy groups -OCH3 is 1. The van der Waals surface area contributed by atoms with E-state index in [1.165, 1.54) is 17.6 Å². The van der Waals surface area contributed by atoms with E-state index in [1.807, 2.05) is 49.4 Å². The summed E-state index contributed by atoms with van der Waals surface area (Å²) in [6, 6.07) is 18.8. The van der Waals surface area contributed by atoms with Gasteiger partial charge in [-0.05, 0) is 55.0 Å². The summed E-state index contributed by atoms with van der Waals surface area (Å²) in [4.78, 5) is 18.1. The topological polar surface area (TPSA) is 76.4 Å². The molecule has 1 unspecified atom stereocenters. The van der Waals surface area contributed by atoms with Crippen LogP contribution in [-0.4, -0.2) is 18.0 Å². The number of carbonyl (C=O) groups is 1. The molecule has 0 aliphatic rings. The van der Waals surface area contributed by atoms with Crippen LogP contribution in [0.2, 0.25) is 0 Å². The van der Waals surface area contributed by atoms with Crippen LogP contribution >= 0.6 is 11.3 Å². The van der Waals surface area contributed by atoms with Crippen LogP contribution < -0.4 is 15.4 Å².